The third kappa shape index (κ3) is 3.26. The molecule has 1 atom stereocenters. The zero-order valence-corrected chi connectivity index (χ0v) is 14.2. The molecule has 0 bridgehead atoms. The minimum absolute atomic E-state index is 0.159. The molecule has 0 aromatic carbocycles. The Hall–Kier alpha value is -0.620. The largest absolute Gasteiger partial charge is 0.373 e. The summed E-state index contributed by atoms with van der Waals surface area (Å²) in [5.74, 6) is 5.89. The first kappa shape index (κ1) is 16.7. The van der Waals surface area contributed by atoms with Crippen molar-refractivity contribution < 1.29 is 4.74 Å². The summed E-state index contributed by atoms with van der Waals surface area (Å²) in [5.41, 5.74) is 3.87. The van der Waals surface area contributed by atoms with E-state index in [1.165, 1.54) is 0 Å². The van der Waals surface area contributed by atoms with Gasteiger partial charge in [0.25, 0.3) is 0 Å². The Morgan fingerprint density at radius 3 is 2.48 bits per heavy atom. The lowest BCUT2D eigenvalue weighted by Crippen LogP contribution is -2.52. The second-order valence-corrected chi connectivity index (χ2v) is 7.17. The second-order valence-electron chi connectivity index (χ2n) is 6.76. The second kappa shape index (κ2) is 6.24. The lowest BCUT2D eigenvalue weighted by atomic mass is 9.68. The molecule has 0 amide bonds. The number of nitrogens with zero attached hydrogens (tertiary/aromatic N) is 2. The van der Waals surface area contributed by atoms with Crippen LogP contribution in [-0.4, -0.2) is 22.0 Å². The van der Waals surface area contributed by atoms with Gasteiger partial charge in [0.15, 0.2) is 0 Å². The number of nitrogens with one attached hydrogen (secondary N) is 1. The van der Waals surface area contributed by atoms with Crippen molar-refractivity contribution in [3.05, 3.63) is 16.9 Å². The number of rotatable bonds is 5. The molecule has 1 heterocycles. The molecular weight excluding hydrogens is 288 g/mol. The maximum Gasteiger partial charge on any atom is 0.0933 e. The maximum atomic E-state index is 6.32. The van der Waals surface area contributed by atoms with Crippen molar-refractivity contribution in [2.75, 3.05) is 6.61 Å². The molecule has 6 heteroatoms. The van der Waals surface area contributed by atoms with Gasteiger partial charge in [0.1, 0.15) is 0 Å². The van der Waals surface area contributed by atoms with Crippen LogP contribution in [0.4, 0.5) is 0 Å². The predicted octanol–water partition coefficient (Wildman–Crippen LogP) is 2.95. The fraction of sp³-hybridized carbons (Fsp3) is 0.800. The summed E-state index contributed by atoms with van der Waals surface area (Å²) in [4.78, 5) is 0. The number of halogens is 1. The highest BCUT2D eigenvalue weighted by Gasteiger charge is 2.46. The molecule has 1 aromatic rings. The summed E-state index contributed by atoms with van der Waals surface area (Å²) in [5, 5.41) is 4.86. The van der Waals surface area contributed by atoms with Crippen LogP contribution >= 0.6 is 11.6 Å². The molecule has 1 saturated carbocycles. The first-order valence-corrected chi connectivity index (χ1v) is 8.00. The van der Waals surface area contributed by atoms with Gasteiger partial charge in [0, 0.05) is 13.7 Å². The van der Waals surface area contributed by atoms with E-state index in [1.54, 1.807) is 10.9 Å². The van der Waals surface area contributed by atoms with Gasteiger partial charge in [-0.1, -0.05) is 25.4 Å². The van der Waals surface area contributed by atoms with Crippen LogP contribution in [-0.2, 0) is 11.8 Å². The van der Waals surface area contributed by atoms with Gasteiger partial charge in [-0.05, 0) is 38.0 Å². The van der Waals surface area contributed by atoms with Gasteiger partial charge in [-0.25, -0.2) is 5.43 Å². The summed E-state index contributed by atoms with van der Waals surface area (Å²) >= 11 is 6.32. The van der Waals surface area contributed by atoms with E-state index in [0.29, 0.717) is 17.0 Å². The Labute approximate surface area is 132 Å². The molecule has 0 spiro atoms. The van der Waals surface area contributed by atoms with Gasteiger partial charge in [-0.3, -0.25) is 10.5 Å². The van der Waals surface area contributed by atoms with Crippen LogP contribution in [0, 0.1) is 5.41 Å². The molecule has 1 aliphatic rings. The number of nitrogens with two attached hydrogens (primary N) is 1. The topological polar surface area (TPSA) is 65.1 Å². The molecule has 3 N–H and O–H groups in total. The van der Waals surface area contributed by atoms with E-state index in [2.05, 4.69) is 24.4 Å². The Morgan fingerprint density at radius 2 is 2.05 bits per heavy atom. The first-order chi connectivity index (χ1) is 9.85. The Morgan fingerprint density at radius 1 is 1.43 bits per heavy atom. The molecule has 1 unspecified atom stereocenters. The standard InChI is InChI=1S/C15H27ClN4O/c1-5-21-15(8-6-14(2,3)7-9-15)13(19-17)12-11(16)10-18-20(12)4/h10,13,19H,5-9,17H2,1-4H3. The smallest absolute Gasteiger partial charge is 0.0933 e. The quantitative estimate of drug-likeness (QED) is 0.648. The normalized spacial score (nSPS) is 22.2. The third-order valence-electron chi connectivity index (χ3n) is 4.79. The van der Waals surface area contributed by atoms with Crippen LogP contribution in [0.3, 0.4) is 0 Å². The van der Waals surface area contributed by atoms with Crippen molar-refractivity contribution in [2.45, 2.75) is 58.1 Å². The Kier molecular flexibility index (Phi) is 4.98. The maximum absolute atomic E-state index is 6.32. The summed E-state index contributed by atoms with van der Waals surface area (Å²) in [6, 6.07) is -0.159. The number of hydrazine groups is 1. The Balaban J connectivity index is 2.36. The van der Waals surface area contributed by atoms with Gasteiger partial charge in [0.05, 0.1) is 28.6 Å². The molecule has 21 heavy (non-hydrogen) atoms. The fourth-order valence-electron chi connectivity index (χ4n) is 3.38. The average Bonchev–Trinajstić information content (AvgIpc) is 2.75. The lowest BCUT2D eigenvalue weighted by Gasteiger charge is -2.47. The molecule has 1 fully saturated rings. The molecular formula is C15H27ClN4O. The SMILES string of the molecule is CCOC1(C(NN)c2c(Cl)cnn2C)CCC(C)(C)CC1. The van der Waals surface area contributed by atoms with E-state index in [0.717, 1.165) is 31.4 Å². The minimum atomic E-state index is -0.323. The van der Waals surface area contributed by atoms with Gasteiger partial charge >= 0.3 is 0 Å². The molecule has 0 aliphatic heterocycles. The summed E-state index contributed by atoms with van der Waals surface area (Å²) in [6.07, 6.45) is 5.81. The number of aromatic nitrogens is 2. The van der Waals surface area contributed by atoms with E-state index < -0.39 is 0 Å². The highest BCUT2D eigenvalue weighted by atomic mass is 35.5. The minimum Gasteiger partial charge on any atom is -0.373 e. The van der Waals surface area contributed by atoms with Crippen LogP contribution in [0.25, 0.3) is 0 Å². The average molecular weight is 315 g/mol. The van der Waals surface area contributed by atoms with Crippen LogP contribution in [0.15, 0.2) is 6.20 Å². The highest BCUT2D eigenvalue weighted by Crippen LogP contribution is 2.48. The molecule has 1 aromatic heterocycles. The summed E-state index contributed by atoms with van der Waals surface area (Å²) < 4.78 is 7.99. The van der Waals surface area contributed by atoms with Crippen molar-refractivity contribution in [3.63, 3.8) is 0 Å². The number of hydrogen-bond donors (Lipinski definition) is 2. The third-order valence-corrected chi connectivity index (χ3v) is 5.08. The van der Waals surface area contributed by atoms with E-state index in [1.807, 2.05) is 14.0 Å². The predicted molar refractivity (Wildman–Crippen MR) is 84.9 cm³/mol. The number of hydrogen-bond acceptors (Lipinski definition) is 4. The lowest BCUT2D eigenvalue weighted by molar-refractivity contribution is -0.109. The molecule has 0 radical (unpaired) electrons. The summed E-state index contributed by atoms with van der Waals surface area (Å²) in [6.45, 7) is 7.31. The molecule has 1 aliphatic carbocycles. The van der Waals surface area contributed by atoms with Gasteiger partial charge < -0.3 is 4.74 Å². The van der Waals surface area contributed by atoms with Crippen LogP contribution in [0.1, 0.15) is 58.2 Å². The van der Waals surface area contributed by atoms with Crippen molar-refractivity contribution in [3.8, 4) is 0 Å². The molecule has 0 saturated heterocycles. The van der Waals surface area contributed by atoms with Gasteiger partial charge in [-0.15, -0.1) is 0 Å². The van der Waals surface area contributed by atoms with Crippen molar-refractivity contribution >= 4 is 11.6 Å². The van der Waals surface area contributed by atoms with Gasteiger partial charge in [0.2, 0.25) is 0 Å². The zero-order chi connectivity index (χ0) is 15.7. The molecule has 120 valence electrons. The zero-order valence-electron chi connectivity index (χ0n) is 13.4. The monoisotopic (exact) mass is 314 g/mol. The molecule has 2 rings (SSSR count). The van der Waals surface area contributed by atoms with Crippen molar-refractivity contribution in [1.29, 1.82) is 0 Å². The fourth-order valence-corrected chi connectivity index (χ4v) is 3.65. The van der Waals surface area contributed by atoms with Gasteiger partial charge in [-0.2, -0.15) is 5.10 Å². The van der Waals surface area contributed by atoms with E-state index in [4.69, 9.17) is 22.2 Å². The van der Waals surface area contributed by atoms with Crippen molar-refractivity contribution in [1.82, 2.24) is 15.2 Å². The van der Waals surface area contributed by atoms with E-state index in [9.17, 15) is 0 Å². The summed E-state index contributed by atoms with van der Waals surface area (Å²) in [7, 11) is 1.89. The van der Waals surface area contributed by atoms with Crippen LogP contribution in [0.5, 0.6) is 0 Å². The van der Waals surface area contributed by atoms with E-state index >= 15 is 0 Å². The molecule has 5 nitrogen and oxygen atoms in total. The van der Waals surface area contributed by atoms with Crippen LogP contribution in [0.2, 0.25) is 5.02 Å². The number of aryl methyl sites for hydroxylation is 1. The highest BCUT2D eigenvalue weighted by molar-refractivity contribution is 6.31. The van der Waals surface area contributed by atoms with Crippen molar-refractivity contribution in [2.24, 2.45) is 18.3 Å². The van der Waals surface area contributed by atoms with Crippen LogP contribution < -0.4 is 11.3 Å². The first-order valence-electron chi connectivity index (χ1n) is 7.63. The number of ether oxygens (including phenoxy) is 1. The van der Waals surface area contributed by atoms with E-state index in [-0.39, 0.29) is 11.6 Å². The Bertz CT molecular complexity index is 457.